The van der Waals surface area contributed by atoms with Gasteiger partial charge in [0.15, 0.2) is 6.33 Å². The van der Waals surface area contributed by atoms with Crippen molar-refractivity contribution in [1.82, 2.24) is 14.9 Å². The topological polar surface area (TPSA) is 46.9 Å². The third-order valence-corrected chi connectivity index (χ3v) is 2.65. The van der Waals surface area contributed by atoms with Crippen molar-refractivity contribution >= 4 is 5.91 Å². The Labute approximate surface area is 83.3 Å². The summed E-state index contributed by atoms with van der Waals surface area (Å²) in [4.78, 5) is 15.4. The maximum atomic E-state index is 11.6. The molecule has 1 fully saturated rings. The van der Waals surface area contributed by atoms with Gasteiger partial charge in [-0.15, -0.1) is 0 Å². The summed E-state index contributed by atoms with van der Waals surface area (Å²) < 4.78 is 1.45. The lowest BCUT2D eigenvalue weighted by Gasteiger charge is -2.21. The number of nitrogens with zero attached hydrogens (tertiary/aromatic N) is 2. The maximum absolute atomic E-state index is 11.6. The summed E-state index contributed by atoms with van der Waals surface area (Å²) in [6.07, 6.45) is 8.68. The van der Waals surface area contributed by atoms with Crippen LogP contribution < -0.4 is 5.32 Å². The van der Waals surface area contributed by atoms with Crippen LogP contribution in [0.15, 0.2) is 12.4 Å². The minimum absolute atomic E-state index is 0.106. The number of aromatic nitrogens is 2. The molecule has 1 aromatic rings. The third-order valence-electron chi connectivity index (χ3n) is 2.65. The van der Waals surface area contributed by atoms with Gasteiger partial charge >= 0.3 is 0 Å². The SMILES string of the molecule is O=C(CC1CCNCC1)n1[c]ncc1. The highest BCUT2D eigenvalue weighted by atomic mass is 16.2. The van der Waals surface area contributed by atoms with Crippen LogP contribution >= 0.6 is 0 Å². The standard InChI is InChI=1S/C10H14N3O/c14-10(13-6-5-12-8-13)7-9-1-3-11-4-2-9/h5-6,9,11H,1-4,7H2. The molecule has 0 amide bonds. The Kier molecular flexibility index (Phi) is 2.93. The number of hydrogen-bond acceptors (Lipinski definition) is 3. The minimum atomic E-state index is 0.106. The van der Waals surface area contributed by atoms with Gasteiger partial charge < -0.3 is 5.32 Å². The molecule has 14 heavy (non-hydrogen) atoms. The van der Waals surface area contributed by atoms with Crippen molar-refractivity contribution in [2.75, 3.05) is 13.1 Å². The van der Waals surface area contributed by atoms with E-state index in [0.29, 0.717) is 12.3 Å². The van der Waals surface area contributed by atoms with E-state index in [9.17, 15) is 4.79 Å². The highest BCUT2D eigenvalue weighted by Gasteiger charge is 2.17. The Morgan fingerprint density at radius 1 is 1.57 bits per heavy atom. The molecule has 4 heteroatoms. The van der Waals surface area contributed by atoms with Crippen molar-refractivity contribution < 1.29 is 4.79 Å². The molecule has 75 valence electrons. The summed E-state index contributed by atoms with van der Waals surface area (Å²) in [6.45, 7) is 2.07. The average Bonchev–Trinajstić information content (AvgIpc) is 2.72. The van der Waals surface area contributed by atoms with Crippen LogP contribution in [-0.4, -0.2) is 28.5 Å². The Hall–Kier alpha value is -1.16. The first-order chi connectivity index (χ1) is 6.86. The Morgan fingerprint density at radius 3 is 3.00 bits per heavy atom. The van der Waals surface area contributed by atoms with Gasteiger partial charge in [0, 0.05) is 18.8 Å². The van der Waals surface area contributed by atoms with Gasteiger partial charge in [0.1, 0.15) is 0 Å². The van der Waals surface area contributed by atoms with E-state index in [-0.39, 0.29) is 5.91 Å². The fourth-order valence-corrected chi connectivity index (χ4v) is 1.80. The van der Waals surface area contributed by atoms with Crippen LogP contribution in [0.25, 0.3) is 0 Å². The first-order valence-electron chi connectivity index (χ1n) is 5.01. The molecule has 1 radical (unpaired) electrons. The van der Waals surface area contributed by atoms with E-state index >= 15 is 0 Å². The van der Waals surface area contributed by atoms with Gasteiger partial charge in [0.25, 0.3) is 0 Å². The van der Waals surface area contributed by atoms with E-state index in [4.69, 9.17) is 0 Å². The van der Waals surface area contributed by atoms with Crippen LogP contribution in [-0.2, 0) is 0 Å². The highest BCUT2D eigenvalue weighted by molar-refractivity contribution is 5.78. The molecule has 0 atom stereocenters. The van der Waals surface area contributed by atoms with Crippen LogP contribution in [0, 0.1) is 12.2 Å². The molecule has 1 saturated heterocycles. The zero-order chi connectivity index (χ0) is 9.80. The normalized spacial score (nSPS) is 18.3. The lowest BCUT2D eigenvalue weighted by Crippen LogP contribution is -2.29. The third kappa shape index (κ3) is 2.20. The van der Waals surface area contributed by atoms with Crippen molar-refractivity contribution in [3.8, 4) is 0 Å². The molecule has 2 heterocycles. The number of imidazole rings is 1. The fourth-order valence-electron chi connectivity index (χ4n) is 1.80. The van der Waals surface area contributed by atoms with Gasteiger partial charge in [-0.25, -0.2) is 4.98 Å². The Balaban J connectivity index is 1.87. The zero-order valence-corrected chi connectivity index (χ0v) is 8.07. The van der Waals surface area contributed by atoms with Crippen molar-refractivity contribution in [2.24, 2.45) is 5.92 Å². The van der Waals surface area contributed by atoms with Crippen LogP contribution in [0.4, 0.5) is 0 Å². The Bertz CT molecular complexity index is 288. The first kappa shape index (κ1) is 9.40. The smallest absolute Gasteiger partial charge is 0.232 e. The van der Waals surface area contributed by atoms with Crippen molar-refractivity contribution in [3.63, 3.8) is 0 Å². The summed E-state index contributed by atoms with van der Waals surface area (Å²) >= 11 is 0. The average molecular weight is 192 g/mol. The summed E-state index contributed by atoms with van der Waals surface area (Å²) in [5, 5.41) is 3.28. The van der Waals surface area contributed by atoms with Gasteiger partial charge in [0.2, 0.25) is 5.91 Å². The van der Waals surface area contributed by atoms with Crippen LogP contribution in [0.5, 0.6) is 0 Å². The van der Waals surface area contributed by atoms with Crippen molar-refractivity contribution in [2.45, 2.75) is 19.3 Å². The van der Waals surface area contributed by atoms with E-state index in [1.807, 2.05) is 0 Å². The quantitative estimate of drug-likeness (QED) is 0.750. The molecule has 0 aromatic carbocycles. The molecule has 0 aliphatic carbocycles. The lowest BCUT2D eigenvalue weighted by molar-refractivity contribution is 0.0869. The number of carbonyl (C=O) groups excluding carboxylic acids is 1. The first-order valence-corrected chi connectivity index (χ1v) is 5.01. The second-order valence-corrected chi connectivity index (χ2v) is 3.69. The summed E-state index contributed by atoms with van der Waals surface area (Å²) in [5.74, 6) is 0.633. The molecule has 1 aliphatic rings. The molecule has 0 unspecified atom stereocenters. The Morgan fingerprint density at radius 2 is 2.36 bits per heavy atom. The van der Waals surface area contributed by atoms with E-state index < -0.39 is 0 Å². The molecular formula is C10H14N3O. The predicted molar refractivity (Wildman–Crippen MR) is 51.9 cm³/mol. The summed E-state index contributed by atoms with van der Waals surface area (Å²) in [6, 6.07) is 0. The van der Waals surface area contributed by atoms with E-state index in [1.165, 1.54) is 4.57 Å². The van der Waals surface area contributed by atoms with Crippen LogP contribution in [0.2, 0.25) is 0 Å². The van der Waals surface area contributed by atoms with Gasteiger partial charge in [-0.3, -0.25) is 9.36 Å². The van der Waals surface area contributed by atoms with Crippen molar-refractivity contribution in [3.05, 3.63) is 18.7 Å². The van der Waals surface area contributed by atoms with E-state index in [1.54, 1.807) is 12.4 Å². The molecule has 0 spiro atoms. The van der Waals surface area contributed by atoms with Gasteiger partial charge in [-0.2, -0.15) is 0 Å². The summed E-state index contributed by atoms with van der Waals surface area (Å²) in [5.41, 5.74) is 0. The summed E-state index contributed by atoms with van der Waals surface area (Å²) in [7, 11) is 0. The monoisotopic (exact) mass is 192 g/mol. The molecule has 4 nitrogen and oxygen atoms in total. The number of rotatable bonds is 2. The number of piperidine rings is 1. The molecule has 0 saturated carbocycles. The minimum Gasteiger partial charge on any atom is -0.317 e. The van der Waals surface area contributed by atoms with Gasteiger partial charge in [0.05, 0.1) is 0 Å². The second-order valence-electron chi connectivity index (χ2n) is 3.69. The second kappa shape index (κ2) is 4.37. The number of hydrogen-bond donors (Lipinski definition) is 1. The lowest BCUT2D eigenvalue weighted by atomic mass is 9.94. The zero-order valence-electron chi connectivity index (χ0n) is 8.07. The fraction of sp³-hybridized carbons (Fsp3) is 0.600. The van der Waals surface area contributed by atoms with E-state index in [0.717, 1.165) is 25.9 Å². The molecule has 0 bridgehead atoms. The largest absolute Gasteiger partial charge is 0.317 e. The molecule has 1 aromatic heterocycles. The molecule has 1 aliphatic heterocycles. The predicted octanol–water partition coefficient (Wildman–Crippen LogP) is 0.713. The number of nitrogens with one attached hydrogen (secondary N) is 1. The van der Waals surface area contributed by atoms with Crippen LogP contribution in [0.3, 0.4) is 0 Å². The maximum Gasteiger partial charge on any atom is 0.232 e. The van der Waals surface area contributed by atoms with Crippen molar-refractivity contribution in [1.29, 1.82) is 0 Å². The molecule has 2 rings (SSSR count). The highest BCUT2D eigenvalue weighted by Crippen LogP contribution is 2.16. The van der Waals surface area contributed by atoms with Gasteiger partial charge in [-0.1, -0.05) is 0 Å². The molecular weight excluding hydrogens is 178 g/mol. The van der Waals surface area contributed by atoms with Gasteiger partial charge in [-0.05, 0) is 31.8 Å². The van der Waals surface area contributed by atoms with Crippen LogP contribution in [0.1, 0.15) is 24.1 Å². The molecule has 1 N–H and O–H groups in total. The van der Waals surface area contributed by atoms with E-state index in [2.05, 4.69) is 16.6 Å². The number of carbonyl (C=O) groups is 1.